The molecular weight excluding hydrogens is 236 g/mol. The number of nitrogens with two attached hydrogens (primary N) is 1. The second-order valence-corrected chi connectivity index (χ2v) is 4.82. The van der Waals surface area contributed by atoms with Crippen LogP contribution in [0, 0.1) is 0 Å². The molecule has 1 rings (SSSR count). The highest BCUT2D eigenvalue weighted by Crippen LogP contribution is 2.17. The highest BCUT2D eigenvalue weighted by atomic mass is 16.2. The van der Waals surface area contributed by atoms with Crippen molar-refractivity contribution in [3.63, 3.8) is 0 Å². The molecule has 1 amide bonds. The lowest BCUT2D eigenvalue weighted by Crippen LogP contribution is -2.30. The maximum atomic E-state index is 12.2. The summed E-state index contributed by atoms with van der Waals surface area (Å²) in [6, 6.07) is 7.94. The number of benzene rings is 1. The zero-order valence-corrected chi connectivity index (χ0v) is 12.2. The Balaban J connectivity index is 2.57. The fraction of sp³-hybridized carbons (Fsp3) is 0.562. The highest BCUT2D eigenvalue weighted by Gasteiger charge is 2.12. The molecule has 0 bridgehead atoms. The second-order valence-electron chi connectivity index (χ2n) is 4.82. The average Bonchev–Trinajstić information content (AvgIpc) is 2.45. The van der Waals surface area contributed by atoms with E-state index >= 15 is 0 Å². The number of rotatable bonds is 8. The number of unbranched alkanes of at least 4 members (excludes halogenated alkanes) is 3. The van der Waals surface area contributed by atoms with E-state index in [1.54, 1.807) is 0 Å². The van der Waals surface area contributed by atoms with E-state index in [2.05, 4.69) is 6.92 Å². The molecule has 0 aliphatic rings. The van der Waals surface area contributed by atoms with Gasteiger partial charge in [0.15, 0.2) is 0 Å². The van der Waals surface area contributed by atoms with Crippen molar-refractivity contribution in [1.82, 2.24) is 0 Å². The van der Waals surface area contributed by atoms with Gasteiger partial charge in [-0.15, -0.1) is 0 Å². The molecule has 1 aromatic rings. The number of anilines is 1. The molecule has 0 unspecified atom stereocenters. The van der Waals surface area contributed by atoms with Crippen molar-refractivity contribution >= 4 is 11.6 Å². The van der Waals surface area contributed by atoms with Crippen LogP contribution in [0.2, 0.25) is 0 Å². The minimum absolute atomic E-state index is 0.221. The maximum Gasteiger partial charge on any atom is 0.226 e. The molecule has 0 aliphatic carbocycles. The molecular formula is C16H26N2O. The van der Waals surface area contributed by atoms with Crippen LogP contribution in [-0.4, -0.2) is 12.5 Å². The molecule has 0 aromatic heterocycles. The number of amides is 1. The third-order valence-electron chi connectivity index (χ3n) is 3.35. The van der Waals surface area contributed by atoms with Gasteiger partial charge in [0.1, 0.15) is 0 Å². The van der Waals surface area contributed by atoms with E-state index < -0.39 is 0 Å². The van der Waals surface area contributed by atoms with Gasteiger partial charge in [-0.1, -0.05) is 38.3 Å². The van der Waals surface area contributed by atoms with Crippen molar-refractivity contribution in [1.29, 1.82) is 0 Å². The van der Waals surface area contributed by atoms with E-state index in [1.165, 1.54) is 12.8 Å². The molecule has 0 aliphatic heterocycles. The van der Waals surface area contributed by atoms with Gasteiger partial charge in [-0.3, -0.25) is 4.79 Å². The molecule has 0 heterocycles. The molecule has 106 valence electrons. The molecule has 3 nitrogen and oxygen atoms in total. The minimum atomic E-state index is 0.221. The Bertz CT molecular complexity index is 373. The summed E-state index contributed by atoms with van der Waals surface area (Å²) in [5.41, 5.74) is 7.65. The van der Waals surface area contributed by atoms with Crippen LogP contribution in [-0.2, 0) is 11.3 Å². The Kier molecular flexibility index (Phi) is 7.19. The summed E-state index contributed by atoms with van der Waals surface area (Å²) in [6.45, 7) is 5.45. The van der Waals surface area contributed by atoms with Gasteiger partial charge in [-0.2, -0.15) is 0 Å². The van der Waals surface area contributed by atoms with Crippen molar-refractivity contribution in [2.75, 3.05) is 11.4 Å². The molecule has 1 aromatic carbocycles. The van der Waals surface area contributed by atoms with Crippen molar-refractivity contribution in [2.24, 2.45) is 5.73 Å². The van der Waals surface area contributed by atoms with E-state index in [-0.39, 0.29) is 5.91 Å². The first kappa shape index (κ1) is 15.7. The van der Waals surface area contributed by atoms with Gasteiger partial charge in [0.05, 0.1) is 0 Å². The van der Waals surface area contributed by atoms with Crippen LogP contribution in [0.15, 0.2) is 24.3 Å². The van der Waals surface area contributed by atoms with Gasteiger partial charge < -0.3 is 10.6 Å². The predicted molar refractivity (Wildman–Crippen MR) is 81.1 cm³/mol. The first-order valence-corrected chi connectivity index (χ1v) is 7.32. The highest BCUT2D eigenvalue weighted by molar-refractivity contribution is 5.93. The summed E-state index contributed by atoms with van der Waals surface area (Å²) in [4.78, 5) is 14.0. The van der Waals surface area contributed by atoms with Crippen LogP contribution in [0.5, 0.6) is 0 Å². The van der Waals surface area contributed by atoms with E-state index in [0.29, 0.717) is 19.5 Å². The Hall–Kier alpha value is -1.35. The zero-order valence-electron chi connectivity index (χ0n) is 12.2. The molecule has 0 fully saturated rings. The number of nitrogens with zero attached hydrogens (tertiary/aromatic N) is 1. The van der Waals surface area contributed by atoms with Crippen molar-refractivity contribution in [3.8, 4) is 0 Å². The van der Waals surface area contributed by atoms with E-state index in [0.717, 1.165) is 24.1 Å². The maximum absolute atomic E-state index is 12.2. The van der Waals surface area contributed by atoms with Crippen LogP contribution in [0.3, 0.4) is 0 Å². The van der Waals surface area contributed by atoms with Gasteiger partial charge in [0, 0.05) is 25.2 Å². The molecule has 0 spiro atoms. The van der Waals surface area contributed by atoms with Gasteiger partial charge in [-0.05, 0) is 31.0 Å². The standard InChI is InChI=1S/C16H26N2O/c1-3-5-6-7-8-16(19)18(4-2)15-11-9-14(13-17)10-12-15/h9-12H,3-8,13,17H2,1-2H3. The predicted octanol–water partition coefficient (Wildman–Crippen LogP) is 3.47. The Morgan fingerprint density at radius 1 is 1.11 bits per heavy atom. The second kappa shape index (κ2) is 8.70. The Morgan fingerprint density at radius 2 is 1.79 bits per heavy atom. The van der Waals surface area contributed by atoms with Crippen LogP contribution >= 0.6 is 0 Å². The van der Waals surface area contributed by atoms with Crippen LogP contribution in [0.4, 0.5) is 5.69 Å². The number of carbonyl (C=O) groups excluding carboxylic acids is 1. The normalized spacial score (nSPS) is 10.5. The minimum Gasteiger partial charge on any atom is -0.326 e. The topological polar surface area (TPSA) is 46.3 Å². The smallest absolute Gasteiger partial charge is 0.226 e. The fourth-order valence-corrected chi connectivity index (χ4v) is 2.15. The fourth-order valence-electron chi connectivity index (χ4n) is 2.15. The van der Waals surface area contributed by atoms with Gasteiger partial charge in [0.25, 0.3) is 0 Å². The molecule has 2 N–H and O–H groups in total. The zero-order chi connectivity index (χ0) is 14.1. The first-order chi connectivity index (χ1) is 9.22. The average molecular weight is 262 g/mol. The van der Waals surface area contributed by atoms with Crippen LogP contribution < -0.4 is 10.6 Å². The third kappa shape index (κ3) is 5.03. The molecule has 0 saturated heterocycles. The van der Waals surface area contributed by atoms with Crippen LogP contribution in [0.1, 0.15) is 51.5 Å². The summed E-state index contributed by atoms with van der Waals surface area (Å²) < 4.78 is 0. The third-order valence-corrected chi connectivity index (χ3v) is 3.35. The lowest BCUT2D eigenvalue weighted by atomic mass is 10.1. The molecule has 3 heteroatoms. The van der Waals surface area contributed by atoms with Crippen molar-refractivity contribution < 1.29 is 4.79 Å². The molecule has 0 saturated carbocycles. The molecule has 0 radical (unpaired) electrons. The van der Waals surface area contributed by atoms with Gasteiger partial charge >= 0.3 is 0 Å². The van der Waals surface area contributed by atoms with Crippen molar-refractivity contribution in [2.45, 2.75) is 52.5 Å². The van der Waals surface area contributed by atoms with Crippen LogP contribution in [0.25, 0.3) is 0 Å². The quantitative estimate of drug-likeness (QED) is 0.729. The number of hydrogen-bond donors (Lipinski definition) is 1. The summed E-state index contributed by atoms with van der Waals surface area (Å²) in [6.07, 6.45) is 5.19. The largest absolute Gasteiger partial charge is 0.326 e. The molecule has 0 atom stereocenters. The summed E-state index contributed by atoms with van der Waals surface area (Å²) in [5, 5.41) is 0. The number of hydrogen-bond acceptors (Lipinski definition) is 2. The van der Waals surface area contributed by atoms with Crippen molar-refractivity contribution in [3.05, 3.63) is 29.8 Å². The lowest BCUT2D eigenvalue weighted by molar-refractivity contribution is -0.118. The van der Waals surface area contributed by atoms with Gasteiger partial charge in [0.2, 0.25) is 5.91 Å². The monoisotopic (exact) mass is 262 g/mol. The van der Waals surface area contributed by atoms with Gasteiger partial charge in [-0.25, -0.2) is 0 Å². The van der Waals surface area contributed by atoms with E-state index in [4.69, 9.17) is 5.73 Å². The Morgan fingerprint density at radius 3 is 2.32 bits per heavy atom. The summed E-state index contributed by atoms with van der Waals surface area (Å²) >= 11 is 0. The van der Waals surface area contributed by atoms with E-state index in [1.807, 2.05) is 36.1 Å². The Labute approximate surface area is 116 Å². The summed E-state index contributed by atoms with van der Waals surface area (Å²) in [7, 11) is 0. The lowest BCUT2D eigenvalue weighted by Gasteiger charge is -2.21. The summed E-state index contributed by atoms with van der Waals surface area (Å²) in [5.74, 6) is 0.221. The SMILES string of the molecule is CCCCCCC(=O)N(CC)c1ccc(CN)cc1. The molecule has 19 heavy (non-hydrogen) atoms. The first-order valence-electron chi connectivity index (χ1n) is 7.32. The number of carbonyl (C=O) groups is 1. The van der Waals surface area contributed by atoms with E-state index in [9.17, 15) is 4.79 Å².